The third-order valence-electron chi connectivity index (χ3n) is 4.83. The number of β-lactam (4-membered cyclic amide) rings is 1. The normalized spacial score (nSPS) is 34.0. The monoisotopic (exact) mass is 353 g/mol. The number of carbonyl (C=O) groups excluding carboxylic acids is 1. The lowest BCUT2D eigenvalue weighted by Crippen LogP contribution is -2.61. The van der Waals surface area contributed by atoms with Gasteiger partial charge in [0.2, 0.25) is 5.91 Å². The van der Waals surface area contributed by atoms with Gasteiger partial charge in [-0.05, 0) is 13.3 Å². The maximum Gasteiger partial charge on any atom is 0.353 e. The minimum absolute atomic E-state index is 0.104. The van der Waals surface area contributed by atoms with Crippen molar-refractivity contribution < 1.29 is 19.8 Å². The molecule has 132 valence electrons. The molecule has 0 aromatic carbocycles. The Bertz CT molecular complexity index is 604. The average molecular weight is 353 g/mol. The molecule has 0 bridgehead atoms. The van der Waals surface area contributed by atoms with E-state index in [1.54, 1.807) is 18.7 Å². The molecule has 2 fully saturated rings. The van der Waals surface area contributed by atoms with Crippen LogP contribution in [0.3, 0.4) is 0 Å². The Balaban J connectivity index is 1.70. The SMILES string of the molecule is C[C@@H](O)[C@H]1C(=O)N2C(C(=O)O)=C(S[C@@H]3CN[C@H](/C=C/CN)C3)C[C@@H]12. The van der Waals surface area contributed by atoms with Crippen molar-refractivity contribution in [3.8, 4) is 0 Å². The molecule has 8 heteroatoms. The van der Waals surface area contributed by atoms with Crippen molar-refractivity contribution in [2.24, 2.45) is 11.7 Å². The first kappa shape index (κ1) is 17.5. The lowest BCUT2D eigenvalue weighted by atomic mass is 9.83. The van der Waals surface area contributed by atoms with Crippen molar-refractivity contribution >= 4 is 23.6 Å². The van der Waals surface area contributed by atoms with Gasteiger partial charge >= 0.3 is 5.97 Å². The number of carboxylic acid groups (broad SMARTS) is 1. The third kappa shape index (κ3) is 2.99. The summed E-state index contributed by atoms with van der Waals surface area (Å²) in [5.41, 5.74) is 5.57. The van der Waals surface area contributed by atoms with Crippen molar-refractivity contribution in [2.45, 2.75) is 43.2 Å². The van der Waals surface area contributed by atoms with Gasteiger partial charge in [0.25, 0.3) is 0 Å². The zero-order chi connectivity index (χ0) is 17.4. The van der Waals surface area contributed by atoms with Gasteiger partial charge < -0.3 is 26.2 Å². The smallest absolute Gasteiger partial charge is 0.353 e. The van der Waals surface area contributed by atoms with Gasteiger partial charge in [-0.2, -0.15) is 0 Å². The van der Waals surface area contributed by atoms with Gasteiger partial charge in [-0.15, -0.1) is 11.8 Å². The molecule has 24 heavy (non-hydrogen) atoms. The number of nitrogens with one attached hydrogen (secondary N) is 1. The number of amides is 1. The van der Waals surface area contributed by atoms with Crippen molar-refractivity contribution in [1.29, 1.82) is 0 Å². The lowest BCUT2D eigenvalue weighted by molar-refractivity contribution is -0.161. The number of hydrogen-bond acceptors (Lipinski definition) is 6. The minimum atomic E-state index is -1.07. The summed E-state index contributed by atoms with van der Waals surface area (Å²) in [7, 11) is 0. The van der Waals surface area contributed by atoms with Gasteiger partial charge in [-0.3, -0.25) is 4.79 Å². The second kappa shape index (κ2) is 6.87. The van der Waals surface area contributed by atoms with E-state index in [0.717, 1.165) is 17.9 Å². The second-order valence-corrected chi connectivity index (χ2v) is 7.87. The van der Waals surface area contributed by atoms with Crippen molar-refractivity contribution in [1.82, 2.24) is 10.2 Å². The van der Waals surface area contributed by atoms with Gasteiger partial charge in [0.1, 0.15) is 5.70 Å². The van der Waals surface area contributed by atoms with Crippen LogP contribution in [0.1, 0.15) is 19.8 Å². The van der Waals surface area contributed by atoms with Crippen molar-refractivity contribution in [3.63, 3.8) is 0 Å². The predicted octanol–water partition coefficient (Wildman–Crippen LogP) is -0.127. The summed E-state index contributed by atoms with van der Waals surface area (Å²) in [6.45, 7) is 2.88. The van der Waals surface area contributed by atoms with Crippen LogP contribution in [0.4, 0.5) is 0 Å². The van der Waals surface area contributed by atoms with Gasteiger partial charge in [-0.25, -0.2) is 4.79 Å². The molecule has 2 saturated heterocycles. The van der Waals surface area contributed by atoms with Crippen LogP contribution in [0, 0.1) is 5.92 Å². The van der Waals surface area contributed by atoms with Gasteiger partial charge in [0, 0.05) is 35.7 Å². The first-order chi connectivity index (χ1) is 11.4. The molecule has 3 rings (SSSR count). The molecule has 0 aliphatic carbocycles. The standard InChI is InChI=1S/C16H23N3O4S/c1-8(20)13-11-6-12(14(16(22)23)19(11)15(13)21)24-10-5-9(18-7-10)3-2-4-17/h2-3,8-11,13,18,20H,4-7,17H2,1H3,(H,22,23)/b3-2+/t8-,9-,10+,11+,13-/m1/s1. The van der Waals surface area contributed by atoms with Crippen LogP contribution in [-0.4, -0.2) is 63.5 Å². The van der Waals surface area contributed by atoms with Crippen LogP contribution in [0.2, 0.25) is 0 Å². The van der Waals surface area contributed by atoms with Gasteiger partial charge in [0.05, 0.1) is 18.1 Å². The van der Waals surface area contributed by atoms with Crippen molar-refractivity contribution in [3.05, 3.63) is 22.8 Å². The fourth-order valence-corrected chi connectivity index (χ4v) is 5.20. The van der Waals surface area contributed by atoms with E-state index in [2.05, 4.69) is 5.32 Å². The number of hydrogen-bond donors (Lipinski definition) is 4. The highest BCUT2D eigenvalue weighted by Crippen LogP contribution is 2.48. The van der Waals surface area contributed by atoms with E-state index < -0.39 is 18.0 Å². The molecule has 0 aromatic rings. The number of nitrogens with two attached hydrogens (primary N) is 1. The van der Waals surface area contributed by atoms with Gasteiger partial charge in [-0.1, -0.05) is 12.2 Å². The highest BCUT2D eigenvalue weighted by atomic mass is 32.2. The highest BCUT2D eigenvalue weighted by Gasteiger charge is 2.57. The molecule has 3 heterocycles. The Morgan fingerprint density at radius 1 is 1.58 bits per heavy atom. The van der Waals surface area contributed by atoms with Crippen LogP contribution >= 0.6 is 11.8 Å². The van der Waals surface area contributed by atoms with Crippen LogP contribution < -0.4 is 11.1 Å². The third-order valence-corrected chi connectivity index (χ3v) is 6.17. The average Bonchev–Trinajstić information content (AvgIpc) is 3.07. The fraction of sp³-hybridized carbons (Fsp3) is 0.625. The Morgan fingerprint density at radius 3 is 2.96 bits per heavy atom. The maximum absolute atomic E-state index is 12.2. The summed E-state index contributed by atoms with van der Waals surface area (Å²) < 4.78 is 0. The number of aliphatic hydroxyl groups excluding tert-OH is 1. The largest absolute Gasteiger partial charge is 0.477 e. The maximum atomic E-state index is 12.2. The predicted molar refractivity (Wildman–Crippen MR) is 91.1 cm³/mol. The molecule has 1 amide bonds. The number of carboxylic acids is 1. The van der Waals surface area contributed by atoms with Crippen LogP contribution in [0.5, 0.6) is 0 Å². The first-order valence-corrected chi connectivity index (χ1v) is 9.06. The molecular weight excluding hydrogens is 330 g/mol. The van der Waals surface area contributed by atoms with E-state index in [-0.39, 0.29) is 28.9 Å². The summed E-state index contributed by atoms with van der Waals surface area (Å²) in [4.78, 5) is 25.9. The van der Waals surface area contributed by atoms with E-state index in [9.17, 15) is 19.8 Å². The van der Waals surface area contributed by atoms with Crippen molar-refractivity contribution in [2.75, 3.05) is 13.1 Å². The van der Waals surface area contributed by atoms with E-state index in [1.807, 2.05) is 12.2 Å². The molecule has 0 radical (unpaired) electrons. The Labute approximate surface area is 145 Å². The van der Waals surface area contributed by atoms with Crippen LogP contribution in [-0.2, 0) is 9.59 Å². The summed E-state index contributed by atoms with van der Waals surface area (Å²) in [5, 5.41) is 22.9. The number of rotatable bonds is 6. The molecule has 0 unspecified atom stereocenters. The molecule has 0 spiro atoms. The highest BCUT2D eigenvalue weighted by molar-refractivity contribution is 8.03. The lowest BCUT2D eigenvalue weighted by Gasteiger charge is -2.44. The number of thioether (sulfide) groups is 1. The molecular formula is C16H23N3O4S. The minimum Gasteiger partial charge on any atom is -0.477 e. The summed E-state index contributed by atoms with van der Waals surface area (Å²) in [6, 6.07) is 0.0404. The molecule has 5 N–H and O–H groups in total. The Hall–Kier alpha value is -1.35. The molecule has 0 saturated carbocycles. The summed E-state index contributed by atoms with van der Waals surface area (Å²) in [6.07, 6.45) is 4.63. The van der Waals surface area contributed by atoms with Crippen LogP contribution in [0.15, 0.2) is 22.8 Å². The zero-order valence-electron chi connectivity index (χ0n) is 13.5. The molecule has 7 nitrogen and oxygen atoms in total. The Kier molecular flexibility index (Phi) is 5.00. The van der Waals surface area contributed by atoms with E-state index >= 15 is 0 Å². The number of carbonyl (C=O) groups is 2. The number of nitrogens with zero attached hydrogens (tertiary/aromatic N) is 1. The van der Waals surface area contributed by atoms with E-state index in [0.29, 0.717) is 13.0 Å². The molecule has 3 aliphatic rings. The van der Waals surface area contributed by atoms with Gasteiger partial charge in [0.15, 0.2) is 0 Å². The summed E-state index contributed by atoms with van der Waals surface area (Å²) >= 11 is 1.55. The molecule has 0 aromatic heterocycles. The fourth-order valence-electron chi connectivity index (χ4n) is 3.75. The first-order valence-electron chi connectivity index (χ1n) is 8.18. The molecule has 3 aliphatic heterocycles. The second-order valence-electron chi connectivity index (χ2n) is 6.48. The van der Waals surface area contributed by atoms with Crippen LogP contribution in [0.25, 0.3) is 0 Å². The number of aliphatic carboxylic acids is 1. The zero-order valence-corrected chi connectivity index (χ0v) is 14.3. The number of fused-ring (bicyclic) bond motifs is 1. The quantitative estimate of drug-likeness (QED) is 0.388. The number of aliphatic hydroxyl groups is 1. The van der Waals surface area contributed by atoms with E-state index in [4.69, 9.17) is 5.73 Å². The topological polar surface area (TPSA) is 116 Å². The van der Waals surface area contributed by atoms with E-state index in [1.165, 1.54) is 4.90 Å². The molecule has 5 atom stereocenters. The Morgan fingerprint density at radius 2 is 2.33 bits per heavy atom. The summed E-state index contributed by atoms with van der Waals surface area (Å²) in [5.74, 6) is -1.83.